The van der Waals surface area contributed by atoms with Gasteiger partial charge in [0.2, 0.25) is 0 Å². The molecule has 0 bridgehead atoms. The van der Waals surface area contributed by atoms with Crippen LogP contribution in [-0.2, 0) is 0 Å². The van der Waals surface area contributed by atoms with Crippen LogP contribution in [0, 0.1) is 11.3 Å². The molecule has 3 N–H and O–H groups in total. The molecule has 0 aromatic carbocycles. The average Bonchev–Trinajstić information content (AvgIpc) is 2.26. The molecule has 1 rings (SSSR count). The third-order valence-corrected chi connectivity index (χ3v) is 1.95. The molecule has 0 saturated carbocycles. The number of nitrogens with two attached hydrogens (primary N) is 1. The third kappa shape index (κ3) is 2.41. The monoisotopic (exact) mass is 191 g/mol. The highest BCUT2D eigenvalue weighted by atomic mass is 15.0. The smallest absolute Gasteiger partial charge is 0.147 e. The van der Waals surface area contributed by atoms with Crippen LogP contribution in [0.25, 0.3) is 0 Å². The minimum absolute atomic E-state index is 0.150. The Bertz CT molecular complexity index is 326. The van der Waals surface area contributed by atoms with Gasteiger partial charge in [-0.2, -0.15) is 5.26 Å². The van der Waals surface area contributed by atoms with Crippen molar-refractivity contribution in [1.29, 1.82) is 5.26 Å². The van der Waals surface area contributed by atoms with E-state index in [0.717, 1.165) is 6.42 Å². The molecule has 5 nitrogen and oxygen atoms in total. The molecule has 74 valence electrons. The number of nitrogens with one attached hydrogen (secondary N) is 1. The van der Waals surface area contributed by atoms with Gasteiger partial charge in [-0.15, -0.1) is 0 Å². The van der Waals surface area contributed by atoms with Crippen LogP contribution >= 0.6 is 0 Å². The van der Waals surface area contributed by atoms with Crippen molar-refractivity contribution in [3.63, 3.8) is 0 Å². The van der Waals surface area contributed by atoms with Crippen LogP contribution in [0.3, 0.4) is 0 Å². The van der Waals surface area contributed by atoms with Crippen LogP contribution in [0.5, 0.6) is 0 Å². The van der Waals surface area contributed by atoms with Crippen molar-refractivity contribution in [2.45, 2.75) is 19.4 Å². The Morgan fingerprint density at radius 3 is 3.07 bits per heavy atom. The number of aromatic nitrogens is 2. The zero-order chi connectivity index (χ0) is 10.4. The average molecular weight is 191 g/mol. The van der Waals surface area contributed by atoms with Crippen LogP contribution in [0.1, 0.15) is 18.9 Å². The molecule has 0 aliphatic rings. The molecule has 1 heterocycles. The van der Waals surface area contributed by atoms with E-state index in [1.165, 1.54) is 12.5 Å². The summed E-state index contributed by atoms with van der Waals surface area (Å²) in [4.78, 5) is 7.76. The zero-order valence-corrected chi connectivity index (χ0v) is 8.07. The molecule has 1 atom stereocenters. The fraction of sp³-hybridized carbons (Fsp3) is 0.444. The zero-order valence-electron chi connectivity index (χ0n) is 8.07. The number of hydrogen-bond acceptors (Lipinski definition) is 5. The van der Waals surface area contributed by atoms with E-state index in [9.17, 15) is 0 Å². The third-order valence-electron chi connectivity index (χ3n) is 1.95. The van der Waals surface area contributed by atoms with Crippen LogP contribution in [-0.4, -0.2) is 22.6 Å². The summed E-state index contributed by atoms with van der Waals surface area (Å²) in [7, 11) is 0. The first kappa shape index (κ1) is 10.4. The van der Waals surface area contributed by atoms with E-state index in [0.29, 0.717) is 17.9 Å². The van der Waals surface area contributed by atoms with Gasteiger partial charge in [-0.05, 0) is 6.42 Å². The number of rotatable bonds is 4. The molecule has 1 aromatic rings. The van der Waals surface area contributed by atoms with E-state index in [-0.39, 0.29) is 6.04 Å². The number of hydrogen-bond donors (Lipinski definition) is 2. The van der Waals surface area contributed by atoms with Gasteiger partial charge in [0.15, 0.2) is 0 Å². The van der Waals surface area contributed by atoms with Crippen molar-refractivity contribution in [3.8, 4) is 6.07 Å². The molecule has 1 unspecified atom stereocenters. The Morgan fingerprint density at radius 1 is 1.71 bits per heavy atom. The lowest BCUT2D eigenvalue weighted by Gasteiger charge is -2.15. The fourth-order valence-electron chi connectivity index (χ4n) is 1.05. The van der Waals surface area contributed by atoms with E-state index in [4.69, 9.17) is 11.0 Å². The Labute approximate surface area is 83.0 Å². The molecule has 1 aromatic heterocycles. The number of nitrogens with zero attached hydrogens (tertiary/aromatic N) is 3. The van der Waals surface area contributed by atoms with Crippen molar-refractivity contribution in [3.05, 3.63) is 18.1 Å². The second-order valence-corrected chi connectivity index (χ2v) is 2.88. The molecule has 5 heteroatoms. The van der Waals surface area contributed by atoms with Crippen molar-refractivity contribution in [2.24, 2.45) is 5.73 Å². The maximum absolute atomic E-state index is 8.78. The first-order chi connectivity index (χ1) is 6.81. The lowest BCUT2D eigenvalue weighted by atomic mass is 10.2. The topological polar surface area (TPSA) is 87.6 Å². The van der Waals surface area contributed by atoms with Crippen LogP contribution in [0.15, 0.2) is 12.5 Å². The van der Waals surface area contributed by atoms with Gasteiger partial charge in [0, 0.05) is 12.6 Å². The standard InChI is InChI=1S/C9H13N5/c1-2-8(4-11)14-9-7(3-10)5-12-6-13-9/h5-6,8H,2,4,11H2,1H3,(H,12,13,14). The first-order valence-corrected chi connectivity index (χ1v) is 4.48. The molecule has 0 radical (unpaired) electrons. The molecule has 0 spiro atoms. The van der Waals surface area contributed by atoms with Crippen molar-refractivity contribution in [2.75, 3.05) is 11.9 Å². The molecule has 0 aliphatic carbocycles. The summed E-state index contributed by atoms with van der Waals surface area (Å²) in [5, 5.41) is 11.9. The van der Waals surface area contributed by atoms with Crippen molar-refractivity contribution in [1.82, 2.24) is 9.97 Å². The summed E-state index contributed by atoms with van der Waals surface area (Å²) in [6, 6.07) is 2.17. The van der Waals surface area contributed by atoms with Gasteiger partial charge >= 0.3 is 0 Å². The lowest BCUT2D eigenvalue weighted by Crippen LogP contribution is -2.28. The molecule has 14 heavy (non-hydrogen) atoms. The Hall–Kier alpha value is -1.67. The summed E-state index contributed by atoms with van der Waals surface area (Å²) in [5.74, 6) is 0.555. The normalized spacial score (nSPS) is 11.8. The van der Waals surface area contributed by atoms with Gasteiger partial charge in [-0.25, -0.2) is 9.97 Å². The summed E-state index contributed by atoms with van der Waals surface area (Å²) in [5.41, 5.74) is 5.98. The van der Waals surface area contributed by atoms with E-state index < -0.39 is 0 Å². The van der Waals surface area contributed by atoms with Crippen molar-refractivity contribution < 1.29 is 0 Å². The molecular weight excluding hydrogens is 178 g/mol. The maximum Gasteiger partial charge on any atom is 0.147 e. The van der Waals surface area contributed by atoms with Crippen LogP contribution in [0.2, 0.25) is 0 Å². The molecule has 0 fully saturated rings. The Morgan fingerprint density at radius 2 is 2.50 bits per heavy atom. The maximum atomic E-state index is 8.78. The molecule has 0 amide bonds. The Kier molecular flexibility index (Phi) is 3.83. The van der Waals surface area contributed by atoms with Gasteiger partial charge in [0.25, 0.3) is 0 Å². The minimum Gasteiger partial charge on any atom is -0.365 e. The van der Waals surface area contributed by atoms with Gasteiger partial charge in [-0.1, -0.05) is 6.92 Å². The van der Waals surface area contributed by atoms with Gasteiger partial charge < -0.3 is 11.1 Å². The minimum atomic E-state index is 0.150. The van der Waals surface area contributed by atoms with Gasteiger partial charge in [0.05, 0.1) is 6.20 Å². The van der Waals surface area contributed by atoms with Gasteiger partial charge in [0.1, 0.15) is 23.8 Å². The predicted octanol–water partition coefficient (Wildman–Crippen LogP) is 0.497. The second kappa shape index (κ2) is 5.14. The van der Waals surface area contributed by atoms with Crippen molar-refractivity contribution >= 4 is 5.82 Å². The predicted molar refractivity (Wildman–Crippen MR) is 53.5 cm³/mol. The number of anilines is 1. The van der Waals surface area contributed by atoms with E-state index in [1.807, 2.05) is 13.0 Å². The molecular formula is C9H13N5. The summed E-state index contributed by atoms with van der Waals surface area (Å²) in [6.07, 6.45) is 3.79. The van der Waals surface area contributed by atoms with Crippen LogP contribution in [0.4, 0.5) is 5.82 Å². The summed E-state index contributed by atoms with van der Waals surface area (Å²) < 4.78 is 0. The van der Waals surface area contributed by atoms with E-state index >= 15 is 0 Å². The summed E-state index contributed by atoms with van der Waals surface area (Å²) in [6.45, 7) is 2.54. The van der Waals surface area contributed by atoms with Crippen LogP contribution < -0.4 is 11.1 Å². The summed E-state index contributed by atoms with van der Waals surface area (Å²) >= 11 is 0. The molecule has 0 aliphatic heterocycles. The highest BCUT2D eigenvalue weighted by Gasteiger charge is 2.07. The lowest BCUT2D eigenvalue weighted by molar-refractivity contribution is 0.699. The van der Waals surface area contributed by atoms with Gasteiger partial charge in [-0.3, -0.25) is 0 Å². The highest BCUT2D eigenvalue weighted by Crippen LogP contribution is 2.10. The van der Waals surface area contributed by atoms with E-state index in [1.54, 1.807) is 0 Å². The highest BCUT2D eigenvalue weighted by molar-refractivity contribution is 5.50. The van der Waals surface area contributed by atoms with E-state index in [2.05, 4.69) is 15.3 Å². The quantitative estimate of drug-likeness (QED) is 0.723. The SMILES string of the molecule is CCC(CN)Nc1ncncc1C#N. The fourth-order valence-corrected chi connectivity index (χ4v) is 1.05. The first-order valence-electron chi connectivity index (χ1n) is 4.48. The second-order valence-electron chi connectivity index (χ2n) is 2.88. The largest absolute Gasteiger partial charge is 0.365 e. The molecule has 0 saturated heterocycles. The number of nitriles is 1. The Balaban J connectivity index is 2.80.